The molecular formula is C30H27FN8O. The van der Waals surface area contributed by atoms with Crippen LogP contribution >= 0.6 is 0 Å². The maximum absolute atomic E-state index is 14.7. The summed E-state index contributed by atoms with van der Waals surface area (Å²) in [4.78, 5) is 19.4. The number of benzene rings is 2. The van der Waals surface area contributed by atoms with Crippen LogP contribution in [0.1, 0.15) is 12.8 Å². The summed E-state index contributed by atoms with van der Waals surface area (Å²) in [6.45, 7) is 3.52. The quantitative estimate of drug-likeness (QED) is 0.250. The number of hydrogen-bond donors (Lipinski definition) is 3. The number of H-pyrrole nitrogens is 2. The second kappa shape index (κ2) is 10.0. The lowest BCUT2D eigenvalue weighted by molar-refractivity contribution is 0.237. The summed E-state index contributed by atoms with van der Waals surface area (Å²) in [5.41, 5.74) is 12.5. The van der Waals surface area contributed by atoms with Gasteiger partial charge in [-0.1, -0.05) is 6.07 Å². The van der Waals surface area contributed by atoms with Crippen LogP contribution in [0.25, 0.3) is 55.8 Å². The number of anilines is 1. The number of nitrogens with zero attached hydrogens (tertiary/aromatic N) is 5. The van der Waals surface area contributed by atoms with Crippen molar-refractivity contribution in [3.63, 3.8) is 0 Å². The van der Waals surface area contributed by atoms with Crippen LogP contribution in [-0.4, -0.2) is 61.3 Å². The Balaban J connectivity index is 1.23. The highest BCUT2D eigenvalue weighted by Crippen LogP contribution is 2.33. The number of nitrogen functional groups attached to an aromatic ring is 1. The number of ether oxygens (including phenoxy) is 1. The van der Waals surface area contributed by atoms with Gasteiger partial charge in [-0.3, -0.25) is 20.0 Å². The molecule has 5 heterocycles. The molecule has 0 spiro atoms. The highest BCUT2D eigenvalue weighted by Gasteiger charge is 2.18. The molecule has 0 radical (unpaired) electrons. The van der Waals surface area contributed by atoms with E-state index in [-0.39, 0.29) is 5.82 Å². The second-order valence-electron chi connectivity index (χ2n) is 10.1. The topological polar surface area (TPSA) is 122 Å². The standard InChI is InChI=1S/C30H27FN8O/c31-21-11-19(13-23(15-21)40-10-9-39-7-1-2-8-39)27-29-26(5-6-34-27)35-30(36-29)28-24-14-18(3-4-25(24)37-38-28)20-12-22(32)17-33-16-20/h3-6,11-17H,1-2,7-10,32H2,(H,35,36)(H,37,38). The fourth-order valence-corrected chi connectivity index (χ4v) is 5.33. The monoisotopic (exact) mass is 534 g/mol. The van der Waals surface area contributed by atoms with Crippen molar-refractivity contribution in [3.05, 3.63) is 72.9 Å². The zero-order valence-electron chi connectivity index (χ0n) is 21.7. The molecule has 0 atom stereocenters. The maximum atomic E-state index is 14.7. The van der Waals surface area contributed by atoms with E-state index in [1.807, 2.05) is 36.4 Å². The third kappa shape index (κ3) is 4.62. The Morgan fingerprint density at radius 1 is 0.925 bits per heavy atom. The molecule has 0 aliphatic carbocycles. The van der Waals surface area contributed by atoms with E-state index in [1.165, 1.54) is 25.0 Å². The molecule has 6 aromatic rings. The molecule has 40 heavy (non-hydrogen) atoms. The molecule has 4 N–H and O–H groups in total. The predicted molar refractivity (Wildman–Crippen MR) is 153 cm³/mol. The number of likely N-dealkylation sites (tertiary alicyclic amines) is 1. The highest BCUT2D eigenvalue weighted by atomic mass is 19.1. The molecular weight excluding hydrogens is 507 g/mol. The third-order valence-corrected chi connectivity index (χ3v) is 7.30. The van der Waals surface area contributed by atoms with Crippen molar-refractivity contribution >= 4 is 27.6 Å². The number of pyridine rings is 2. The van der Waals surface area contributed by atoms with Crippen LogP contribution in [-0.2, 0) is 0 Å². The van der Waals surface area contributed by atoms with Crippen molar-refractivity contribution in [3.8, 4) is 39.7 Å². The molecule has 9 nitrogen and oxygen atoms in total. The number of hydrogen-bond acceptors (Lipinski definition) is 7. The minimum absolute atomic E-state index is 0.384. The van der Waals surface area contributed by atoms with E-state index >= 15 is 0 Å². The van der Waals surface area contributed by atoms with Gasteiger partial charge in [0.15, 0.2) is 5.82 Å². The van der Waals surface area contributed by atoms with E-state index in [0.717, 1.165) is 47.2 Å². The minimum atomic E-state index is -0.384. The van der Waals surface area contributed by atoms with Crippen LogP contribution in [0.4, 0.5) is 10.1 Å². The number of nitrogens with one attached hydrogen (secondary N) is 2. The Bertz CT molecular complexity index is 1840. The summed E-state index contributed by atoms with van der Waals surface area (Å²) in [6, 6.07) is 14.4. The van der Waals surface area contributed by atoms with Gasteiger partial charge in [0.25, 0.3) is 0 Å². The van der Waals surface area contributed by atoms with E-state index in [1.54, 1.807) is 18.6 Å². The number of fused-ring (bicyclic) bond motifs is 2. The zero-order valence-corrected chi connectivity index (χ0v) is 21.7. The first kappa shape index (κ1) is 24.2. The summed E-state index contributed by atoms with van der Waals surface area (Å²) in [5, 5.41) is 8.53. The average molecular weight is 535 g/mol. The highest BCUT2D eigenvalue weighted by molar-refractivity contribution is 5.97. The fraction of sp³-hybridized carbons (Fsp3) is 0.200. The largest absolute Gasteiger partial charge is 0.492 e. The smallest absolute Gasteiger partial charge is 0.159 e. The Morgan fingerprint density at radius 2 is 1.82 bits per heavy atom. The molecule has 1 aliphatic rings. The first-order valence-corrected chi connectivity index (χ1v) is 13.3. The molecule has 0 saturated carbocycles. The van der Waals surface area contributed by atoms with Crippen molar-refractivity contribution in [2.45, 2.75) is 12.8 Å². The molecule has 10 heteroatoms. The fourth-order valence-electron chi connectivity index (χ4n) is 5.33. The third-order valence-electron chi connectivity index (χ3n) is 7.30. The Hall–Kier alpha value is -4.83. The SMILES string of the molecule is Nc1cncc(-c2ccc3[nH]nc(-c4nc5c(-c6cc(F)cc(OCCN7CCCC7)c6)nccc5[nH]4)c3c2)c1. The molecule has 0 amide bonds. The molecule has 1 fully saturated rings. The number of nitrogens with two attached hydrogens (primary N) is 1. The van der Waals surface area contributed by atoms with Gasteiger partial charge in [-0.05, 0) is 67.9 Å². The van der Waals surface area contributed by atoms with Gasteiger partial charge < -0.3 is 15.5 Å². The van der Waals surface area contributed by atoms with E-state index in [2.05, 4.69) is 30.0 Å². The van der Waals surface area contributed by atoms with Crippen molar-refractivity contribution in [2.24, 2.45) is 0 Å². The van der Waals surface area contributed by atoms with Gasteiger partial charge in [0, 0.05) is 47.7 Å². The van der Waals surface area contributed by atoms with Crippen LogP contribution in [0, 0.1) is 5.82 Å². The first-order valence-electron chi connectivity index (χ1n) is 13.3. The Morgan fingerprint density at radius 3 is 2.70 bits per heavy atom. The summed E-state index contributed by atoms with van der Waals surface area (Å²) >= 11 is 0. The lowest BCUT2D eigenvalue weighted by atomic mass is 10.0. The summed E-state index contributed by atoms with van der Waals surface area (Å²) in [5.74, 6) is 0.674. The number of imidazole rings is 1. The molecule has 4 aromatic heterocycles. The molecule has 0 unspecified atom stereocenters. The Labute approximate surface area is 229 Å². The second-order valence-corrected chi connectivity index (χ2v) is 10.1. The average Bonchev–Trinajstić information content (AvgIpc) is 3.72. The van der Waals surface area contributed by atoms with Crippen LogP contribution in [0.15, 0.2) is 67.1 Å². The minimum Gasteiger partial charge on any atom is -0.492 e. The maximum Gasteiger partial charge on any atom is 0.159 e. The number of rotatable bonds is 7. The van der Waals surface area contributed by atoms with Gasteiger partial charge >= 0.3 is 0 Å². The van der Waals surface area contributed by atoms with Crippen molar-refractivity contribution < 1.29 is 9.13 Å². The molecule has 2 aromatic carbocycles. The van der Waals surface area contributed by atoms with Gasteiger partial charge in [-0.25, -0.2) is 9.37 Å². The van der Waals surface area contributed by atoms with Gasteiger partial charge in [0.2, 0.25) is 0 Å². The predicted octanol–water partition coefficient (Wildman–Crippen LogP) is 5.43. The Kier molecular flexibility index (Phi) is 6.09. The van der Waals surface area contributed by atoms with E-state index in [0.29, 0.717) is 46.3 Å². The number of aromatic amines is 2. The molecule has 7 rings (SSSR count). The van der Waals surface area contributed by atoms with Gasteiger partial charge in [-0.2, -0.15) is 5.10 Å². The van der Waals surface area contributed by atoms with Gasteiger partial charge in [-0.15, -0.1) is 0 Å². The zero-order chi connectivity index (χ0) is 27.1. The number of halogens is 1. The molecule has 200 valence electrons. The van der Waals surface area contributed by atoms with Crippen molar-refractivity contribution in [2.75, 3.05) is 32.0 Å². The van der Waals surface area contributed by atoms with Crippen LogP contribution in [0.2, 0.25) is 0 Å². The van der Waals surface area contributed by atoms with E-state index in [9.17, 15) is 4.39 Å². The van der Waals surface area contributed by atoms with Gasteiger partial charge in [0.05, 0.1) is 22.4 Å². The molecule has 1 saturated heterocycles. The van der Waals surface area contributed by atoms with Crippen molar-refractivity contribution in [1.82, 2.24) is 35.0 Å². The molecule has 1 aliphatic heterocycles. The lowest BCUT2D eigenvalue weighted by Crippen LogP contribution is -2.25. The summed E-state index contributed by atoms with van der Waals surface area (Å²) in [7, 11) is 0. The normalized spacial score (nSPS) is 13.9. The lowest BCUT2D eigenvalue weighted by Gasteiger charge is -2.15. The molecule has 0 bridgehead atoms. The van der Waals surface area contributed by atoms with Crippen LogP contribution in [0.5, 0.6) is 5.75 Å². The summed E-state index contributed by atoms with van der Waals surface area (Å²) in [6.07, 6.45) is 7.53. The van der Waals surface area contributed by atoms with Crippen LogP contribution in [0.3, 0.4) is 0 Å². The van der Waals surface area contributed by atoms with E-state index in [4.69, 9.17) is 15.5 Å². The van der Waals surface area contributed by atoms with Crippen LogP contribution < -0.4 is 10.5 Å². The summed E-state index contributed by atoms with van der Waals surface area (Å²) < 4.78 is 20.6. The number of aromatic nitrogens is 6. The van der Waals surface area contributed by atoms with Crippen molar-refractivity contribution in [1.29, 1.82) is 0 Å². The van der Waals surface area contributed by atoms with E-state index < -0.39 is 0 Å². The first-order chi connectivity index (χ1) is 19.6. The van der Waals surface area contributed by atoms with Gasteiger partial charge in [0.1, 0.15) is 29.4 Å².